The maximum atomic E-state index is 12.2. The molecule has 0 aromatic heterocycles. The van der Waals surface area contributed by atoms with Crippen molar-refractivity contribution in [3.05, 3.63) is 42.0 Å². The molecule has 1 amide bonds. The Morgan fingerprint density at radius 3 is 2.76 bits per heavy atom. The quantitative estimate of drug-likeness (QED) is 0.846. The van der Waals surface area contributed by atoms with E-state index in [0.717, 1.165) is 0 Å². The summed E-state index contributed by atoms with van der Waals surface area (Å²) >= 11 is 0. The van der Waals surface area contributed by atoms with E-state index in [4.69, 9.17) is 19.9 Å². The first kappa shape index (κ1) is 13.1. The van der Waals surface area contributed by atoms with Crippen LogP contribution in [0.1, 0.15) is 10.4 Å². The molecular formula is C15H14N2O4. The lowest BCUT2D eigenvalue weighted by Gasteiger charge is -2.10. The van der Waals surface area contributed by atoms with E-state index in [0.29, 0.717) is 34.2 Å². The molecule has 0 radical (unpaired) electrons. The van der Waals surface area contributed by atoms with Crippen LogP contribution in [0, 0.1) is 0 Å². The molecule has 0 saturated heterocycles. The minimum atomic E-state index is -0.278. The van der Waals surface area contributed by atoms with Gasteiger partial charge in [-0.3, -0.25) is 4.79 Å². The van der Waals surface area contributed by atoms with Gasteiger partial charge in [0.25, 0.3) is 5.91 Å². The monoisotopic (exact) mass is 286 g/mol. The molecule has 0 bridgehead atoms. The summed E-state index contributed by atoms with van der Waals surface area (Å²) in [7, 11) is 1.55. The van der Waals surface area contributed by atoms with Gasteiger partial charge in [0.05, 0.1) is 18.5 Å². The molecule has 3 rings (SSSR count). The first-order chi connectivity index (χ1) is 10.2. The van der Waals surface area contributed by atoms with Gasteiger partial charge in [0, 0.05) is 17.7 Å². The van der Waals surface area contributed by atoms with Crippen molar-refractivity contribution in [3.8, 4) is 17.2 Å². The smallest absolute Gasteiger partial charge is 0.255 e. The zero-order chi connectivity index (χ0) is 14.8. The Morgan fingerprint density at radius 1 is 1.24 bits per heavy atom. The zero-order valence-electron chi connectivity index (χ0n) is 11.4. The van der Waals surface area contributed by atoms with Crippen LogP contribution in [0.3, 0.4) is 0 Å². The number of fused-ring (bicyclic) bond motifs is 1. The van der Waals surface area contributed by atoms with E-state index in [1.54, 1.807) is 43.5 Å². The molecular weight excluding hydrogens is 272 g/mol. The maximum Gasteiger partial charge on any atom is 0.255 e. The Labute approximate surface area is 121 Å². The number of carbonyl (C=O) groups is 1. The Balaban J connectivity index is 1.84. The Bertz CT molecular complexity index is 700. The predicted molar refractivity (Wildman–Crippen MR) is 77.9 cm³/mol. The summed E-state index contributed by atoms with van der Waals surface area (Å²) < 4.78 is 15.6. The first-order valence-electron chi connectivity index (χ1n) is 6.32. The average Bonchev–Trinajstić information content (AvgIpc) is 2.94. The molecule has 0 fully saturated rings. The van der Waals surface area contributed by atoms with Crippen molar-refractivity contribution >= 4 is 17.3 Å². The summed E-state index contributed by atoms with van der Waals surface area (Å²) in [5.41, 5.74) is 7.27. The number of benzene rings is 2. The molecule has 2 aromatic carbocycles. The van der Waals surface area contributed by atoms with Gasteiger partial charge < -0.3 is 25.3 Å². The van der Waals surface area contributed by atoms with Crippen LogP contribution in [0.4, 0.5) is 11.4 Å². The van der Waals surface area contributed by atoms with Crippen LogP contribution in [-0.4, -0.2) is 19.8 Å². The number of rotatable bonds is 3. The highest BCUT2D eigenvalue weighted by Crippen LogP contribution is 2.38. The largest absolute Gasteiger partial charge is 0.497 e. The first-order valence-corrected chi connectivity index (χ1v) is 6.32. The summed E-state index contributed by atoms with van der Waals surface area (Å²) in [5, 5.41) is 2.75. The topological polar surface area (TPSA) is 82.8 Å². The Hall–Kier alpha value is -2.89. The average molecular weight is 286 g/mol. The molecule has 6 heteroatoms. The van der Waals surface area contributed by atoms with Gasteiger partial charge in [-0.2, -0.15) is 0 Å². The summed E-state index contributed by atoms with van der Waals surface area (Å²) in [4.78, 5) is 12.2. The molecule has 0 spiro atoms. The molecule has 2 aromatic rings. The standard InChI is InChI=1S/C15H14N2O4/c1-19-10-4-2-3-9(5-10)15(18)17-12-7-14-13(6-11(12)16)20-8-21-14/h2-7H,8,16H2,1H3,(H,17,18). The third kappa shape index (κ3) is 2.55. The van der Waals surface area contributed by atoms with E-state index in [1.165, 1.54) is 0 Å². The Kier molecular flexibility index (Phi) is 3.27. The number of carbonyl (C=O) groups excluding carboxylic acids is 1. The molecule has 1 aliphatic heterocycles. The van der Waals surface area contributed by atoms with Crippen LogP contribution >= 0.6 is 0 Å². The summed E-state index contributed by atoms with van der Waals surface area (Å²) in [6.07, 6.45) is 0. The molecule has 0 aliphatic carbocycles. The molecule has 6 nitrogen and oxygen atoms in total. The van der Waals surface area contributed by atoms with E-state index in [2.05, 4.69) is 5.32 Å². The lowest BCUT2D eigenvalue weighted by molar-refractivity contribution is 0.102. The predicted octanol–water partition coefficient (Wildman–Crippen LogP) is 2.26. The van der Waals surface area contributed by atoms with Crippen LogP contribution in [-0.2, 0) is 0 Å². The summed E-state index contributed by atoms with van der Waals surface area (Å²) in [5.74, 6) is 1.47. The number of methoxy groups -OCH3 is 1. The van der Waals surface area contributed by atoms with E-state index >= 15 is 0 Å². The molecule has 21 heavy (non-hydrogen) atoms. The molecule has 108 valence electrons. The fourth-order valence-corrected chi connectivity index (χ4v) is 2.02. The normalized spacial score (nSPS) is 12.0. The van der Waals surface area contributed by atoms with E-state index < -0.39 is 0 Å². The minimum absolute atomic E-state index is 0.155. The van der Waals surface area contributed by atoms with Crippen molar-refractivity contribution in [1.82, 2.24) is 0 Å². The third-order valence-corrected chi connectivity index (χ3v) is 3.12. The molecule has 3 N–H and O–H groups in total. The van der Waals surface area contributed by atoms with Crippen molar-refractivity contribution in [2.45, 2.75) is 0 Å². The molecule has 1 aliphatic rings. The second-order valence-electron chi connectivity index (χ2n) is 4.48. The zero-order valence-corrected chi connectivity index (χ0v) is 11.4. The summed E-state index contributed by atoms with van der Waals surface area (Å²) in [6.45, 7) is 0.155. The highest BCUT2D eigenvalue weighted by molar-refractivity contribution is 6.06. The van der Waals surface area contributed by atoms with Crippen molar-refractivity contribution in [3.63, 3.8) is 0 Å². The second-order valence-corrected chi connectivity index (χ2v) is 4.48. The highest BCUT2D eigenvalue weighted by Gasteiger charge is 2.17. The Morgan fingerprint density at radius 2 is 2.00 bits per heavy atom. The molecule has 0 saturated carbocycles. The van der Waals surface area contributed by atoms with Gasteiger partial charge in [-0.05, 0) is 18.2 Å². The minimum Gasteiger partial charge on any atom is -0.497 e. The highest BCUT2D eigenvalue weighted by atomic mass is 16.7. The van der Waals surface area contributed by atoms with Gasteiger partial charge in [0.1, 0.15) is 5.75 Å². The van der Waals surface area contributed by atoms with Gasteiger partial charge in [-0.15, -0.1) is 0 Å². The van der Waals surface area contributed by atoms with Crippen LogP contribution < -0.4 is 25.3 Å². The number of nitrogen functional groups attached to an aromatic ring is 1. The fourth-order valence-electron chi connectivity index (χ4n) is 2.02. The van der Waals surface area contributed by atoms with Crippen molar-refractivity contribution < 1.29 is 19.0 Å². The maximum absolute atomic E-state index is 12.2. The fraction of sp³-hybridized carbons (Fsp3) is 0.133. The van der Waals surface area contributed by atoms with Crippen LogP contribution in [0.5, 0.6) is 17.2 Å². The molecule has 0 unspecified atom stereocenters. The van der Waals surface area contributed by atoms with Gasteiger partial charge in [-0.25, -0.2) is 0 Å². The van der Waals surface area contributed by atoms with Gasteiger partial charge in [0.2, 0.25) is 6.79 Å². The second kappa shape index (κ2) is 5.24. The number of nitrogens with one attached hydrogen (secondary N) is 1. The number of hydrogen-bond acceptors (Lipinski definition) is 5. The molecule has 0 atom stereocenters. The van der Waals surface area contributed by atoms with Gasteiger partial charge in [-0.1, -0.05) is 6.07 Å². The lowest BCUT2D eigenvalue weighted by atomic mass is 10.2. The van der Waals surface area contributed by atoms with Crippen molar-refractivity contribution in [2.75, 3.05) is 25.0 Å². The number of hydrogen-bond donors (Lipinski definition) is 2. The van der Waals surface area contributed by atoms with Crippen molar-refractivity contribution in [1.29, 1.82) is 0 Å². The third-order valence-electron chi connectivity index (χ3n) is 3.12. The lowest BCUT2D eigenvalue weighted by Crippen LogP contribution is -2.13. The number of ether oxygens (including phenoxy) is 3. The van der Waals surface area contributed by atoms with Gasteiger partial charge in [0.15, 0.2) is 11.5 Å². The van der Waals surface area contributed by atoms with Crippen molar-refractivity contribution in [2.24, 2.45) is 0 Å². The van der Waals surface area contributed by atoms with E-state index in [1.807, 2.05) is 0 Å². The van der Waals surface area contributed by atoms with Crippen LogP contribution in [0.2, 0.25) is 0 Å². The number of amides is 1. The van der Waals surface area contributed by atoms with Crippen LogP contribution in [0.25, 0.3) is 0 Å². The van der Waals surface area contributed by atoms with E-state index in [-0.39, 0.29) is 12.7 Å². The number of anilines is 2. The van der Waals surface area contributed by atoms with E-state index in [9.17, 15) is 4.79 Å². The van der Waals surface area contributed by atoms with Gasteiger partial charge >= 0.3 is 0 Å². The number of nitrogens with two attached hydrogens (primary N) is 1. The molecule has 1 heterocycles. The SMILES string of the molecule is COc1cccc(C(=O)Nc2cc3c(cc2N)OCO3)c1. The summed E-state index contributed by atoms with van der Waals surface area (Å²) in [6, 6.07) is 10.1. The van der Waals surface area contributed by atoms with Crippen LogP contribution in [0.15, 0.2) is 36.4 Å².